The number of unbranched alkanes of at least 4 members (excludes halogenated alkanes) is 1. The maximum atomic E-state index is 10.00. The lowest BCUT2D eigenvalue weighted by atomic mass is 10.4. The Morgan fingerprint density at radius 1 is 1.25 bits per heavy atom. The van der Waals surface area contributed by atoms with E-state index in [-0.39, 0.29) is 13.2 Å². The summed E-state index contributed by atoms with van der Waals surface area (Å²) in [5, 5.41) is 0. The predicted octanol–water partition coefficient (Wildman–Crippen LogP) is 0.623. The topological polar surface area (TPSA) is 72.8 Å². The van der Waals surface area contributed by atoms with Crippen LogP contribution in [0.5, 0.6) is 0 Å². The smallest absolute Gasteiger partial charge is 0.379 e. The maximum Gasteiger partial charge on any atom is 0.397 e. The highest BCUT2D eigenvalue weighted by molar-refractivity contribution is 7.80. The van der Waals surface area contributed by atoms with Gasteiger partial charge in [0.15, 0.2) is 0 Å². The van der Waals surface area contributed by atoms with Crippen LogP contribution in [0.4, 0.5) is 0 Å². The Bertz CT molecular complexity index is 186. The molecule has 0 saturated heterocycles. The molecule has 0 aromatic rings. The van der Waals surface area contributed by atoms with E-state index in [1.54, 1.807) is 0 Å². The summed E-state index contributed by atoms with van der Waals surface area (Å²) in [5.41, 5.74) is 0. The van der Waals surface area contributed by atoms with Gasteiger partial charge in [0.25, 0.3) is 0 Å². The van der Waals surface area contributed by atoms with Crippen LogP contribution in [-0.4, -0.2) is 32.8 Å². The summed E-state index contributed by atoms with van der Waals surface area (Å²) in [6, 6.07) is 0. The molecular weight excluding hydrogens is 184 g/mol. The Labute approximate surface area is 72.6 Å². The number of rotatable bonds is 7. The standard InChI is InChI=1S/C6H14O5S/c1-2-3-4-10-5-6-11-12(7,8)9/h2-6H2,1H3,(H,7,8,9). The van der Waals surface area contributed by atoms with Crippen LogP contribution in [0.15, 0.2) is 0 Å². The quantitative estimate of drug-likeness (QED) is 0.479. The lowest BCUT2D eigenvalue weighted by molar-refractivity contribution is 0.0955. The van der Waals surface area contributed by atoms with Crippen LogP contribution in [0.1, 0.15) is 19.8 Å². The van der Waals surface area contributed by atoms with Crippen molar-refractivity contribution in [3.05, 3.63) is 0 Å². The van der Waals surface area contributed by atoms with Gasteiger partial charge >= 0.3 is 10.4 Å². The summed E-state index contributed by atoms with van der Waals surface area (Å²) in [5.74, 6) is 0. The normalized spacial score (nSPS) is 11.8. The molecule has 0 unspecified atom stereocenters. The first kappa shape index (κ1) is 11.8. The molecular formula is C6H14O5S. The third-order valence-corrected chi connectivity index (χ3v) is 1.57. The first-order chi connectivity index (χ1) is 5.56. The zero-order chi connectivity index (χ0) is 9.45. The molecule has 0 fully saturated rings. The average molecular weight is 198 g/mol. The molecule has 1 N–H and O–H groups in total. The second-order valence-corrected chi connectivity index (χ2v) is 3.31. The molecule has 6 heteroatoms. The minimum absolute atomic E-state index is 0.136. The van der Waals surface area contributed by atoms with Crippen molar-refractivity contribution in [3.63, 3.8) is 0 Å². The van der Waals surface area contributed by atoms with E-state index in [0.29, 0.717) is 6.61 Å². The molecule has 12 heavy (non-hydrogen) atoms. The zero-order valence-electron chi connectivity index (χ0n) is 7.02. The van der Waals surface area contributed by atoms with E-state index in [1.807, 2.05) is 6.92 Å². The summed E-state index contributed by atoms with van der Waals surface area (Å²) in [6.07, 6.45) is 1.96. The van der Waals surface area contributed by atoms with Crippen molar-refractivity contribution in [1.82, 2.24) is 0 Å². The molecule has 0 spiro atoms. The van der Waals surface area contributed by atoms with Gasteiger partial charge in [-0.3, -0.25) is 4.55 Å². The molecule has 0 saturated carbocycles. The van der Waals surface area contributed by atoms with Gasteiger partial charge in [0.05, 0.1) is 13.2 Å². The van der Waals surface area contributed by atoms with Crippen LogP contribution < -0.4 is 0 Å². The van der Waals surface area contributed by atoms with Crippen molar-refractivity contribution in [2.75, 3.05) is 19.8 Å². The van der Waals surface area contributed by atoms with Gasteiger partial charge in [-0.05, 0) is 6.42 Å². The lowest BCUT2D eigenvalue weighted by Crippen LogP contribution is -2.10. The molecule has 0 aliphatic carbocycles. The van der Waals surface area contributed by atoms with Crippen molar-refractivity contribution >= 4 is 10.4 Å². The summed E-state index contributed by atoms with van der Waals surface area (Å²) in [7, 11) is -4.30. The van der Waals surface area contributed by atoms with Crippen molar-refractivity contribution in [2.24, 2.45) is 0 Å². The average Bonchev–Trinajstić information content (AvgIpc) is 1.94. The number of hydrogen-bond donors (Lipinski definition) is 1. The van der Waals surface area contributed by atoms with E-state index in [2.05, 4.69) is 4.18 Å². The Morgan fingerprint density at radius 2 is 1.92 bits per heavy atom. The van der Waals surface area contributed by atoms with E-state index >= 15 is 0 Å². The Hall–Kier alpha value is -0.170. The van der Waals surface area contributed by atoms with Crippen molar-refractivity contribution in [3.8, 4) is 0 Å². The summed E-state index contributed by atoms with van der Waals surface area (Å²) in [4.78, 5) is 0. The highest BCUT2D eigenvalue weighted by Gasteiger charge is 2.02. The van der Waals surface area contributed by atoms with E-state index in [9.17, 15) is 8.42 Å². The molecule has 0 radical (unpaired) electrons. The number of hydrogen-bond acceptors (Lipinski definition) is 4. The molecule has 0 aromatic heterocycles. The van der Waals surface area contributed by atoms with E-state index in [4.69, 9.17) is 9.29 Å². The summed E-state index contributed by atoms with van der Waals surface area (Å²) >= 11 is 0. The molecule has 0 aliphatic rings. The minimum atomic E-state index is -4.30. The van der Waals surface area contributed by atoms with Gasteiger partial charge in [-0.1, -0.05) is 13.3 Å². The third kappa shape index (κ3) is 9.83. The highest BCUT2D eigenvalue weighted by Crippen LogP contribution is 1.89. The largest absolute Gasteiger partial charge is 0.397 e. The molecule has 0 aliphatic heterocycles. The second-order valence-electron chi connectivity index (χ2n) is 2.22. The lowest BCUT2D eigenvalue weighted by Gasteiger charge is -2.01. The van der Waals surface area contributed by atoms with Crippen molar-refractivity contribution in [2.45, 2.75) is 19.8 Å². The van der Waals surface area contributed by atoms with Crippen molar-refractivity contribution in [1.29, 1.82) is 0 Å². The monoisotopic (exact) mass is 198 g/mol. The molecule has 74 valence electrons. The van der Waals surface area contributed by atoms with E-state index < -0.39 is 10.4 Å². The Kier molecular flexibility index (Phi) is 6.27. The maximum absolute atomic E-state index is 10.00. The zero-order valence-corrected chi connectivity index (χ0v) is 7.84. The molecule has 0 heterocycles. The fourth-order valence-corrected chi connectivity index (χ4v) is 0.825. The van der Waals surface area contributed by atoms with Crippen molar-refractivity contribution < 1.29 is 21.9 Å². The highest BCUT2D eigenvalue weighted by atomic mass is 32.3. The summed E-state index contributed by atoms with van der Waals surface area (Å²) in [6.45, 7) is 2.66. The van der Waals surface area contributed by atoms with E-state index in [1.165, 1.54) is 0 Å². The molecule has 5 nitrogen and oxygen atoms in total. The Balaban J connectivity index is 3.12. The van der Waals surface area contributed by atoms with E-state index in [0.717, 1.165) is 12.8 Å². The minimum Gasteiger partial charge on any atom is -0.379 e. The number of ether oxygens (including phenoxy) is 1. The third-order valence-electron chi connectivity index (χ3n) is 1.10. The molecule has 0 bridgehead atoms. The van der Waals surface area contributed by atoms with Gasteiger partial charge in [-0.25, -0.2) is 4.18 Å². The predicted molar refractivity (Wildman–Crippen MR) is 43.2 cm³/mol. The SMILES string of the molecule is CCCCOCCOS(=O)(=O)O. The van der Waals surface area contributed by atoms with Crippen LogP contribution in [0.25, 0.3) is 0 Å². The van der Waals surface area contributed by atoms with Crippen LogP contribution >= 0.6 is 0 Å². The van der Waals surface area contributed by atoms with Gasteiger partial charge < -0.3 is 4.74 Å². The summed E-state index contributed by atoms with van der Waals surface area (Å²) < 4.78 is 37.1. The van der Waals surface area contributed by atoms with Crippen LogP contribution in [0.2, 0.25) is 0 Å². The van der Waals surface area contributed by atoms with Gasteiger partial charge in [0.2, 0.25) is 0 Å². The molecule has 0 rings (SSSR count). The van der Waals surface area contributed by atoms with Crippen LogP contribution in [0, 0.1) is 0 Å². The molecule has 0 aromatic carbocycles. The van der Waals surface area contributed by atoms with Gasteiger partial charge in [-0.2, -0.15) is 8.42 Å². The Morgan fingerprint density at radius 3 is 2.42 bits per heavy atom. The van der Waals surface area contributed by atoms with Gasteiger partial charge in [0.1, 0.15) is 0 Å². The second kappa shape index (κ2) is 6.36. The first-order valence-corrected chi connectivity index (χ1v) is 5.12. The molecule has 0 atom stereocenters. The van der Waals surface area contributed by atoms with Gasteiger partial charge in [0, 0.05) is 6.61 Å². The molecule has 0 amide bonds. The fraction of sp³-hybridized carbons (Fsp3) is 1.00. The fourth-order valence-electron chi connectivity index (χ4n) is 0.547. The first-order valence-electron chi connectivity index (χ1n) is 3.76. The van der Waals surface area contributed by atoms with Crippen LogP contribution in [-0.2, 0) is 19.3 Å². The van der Waals surface area contributed by atoms with Crippen LogP contribution in [0.3, 0.4) is 0 Å². The van der Waals surface area contributed by atoms with Gasteiger partial charge in [-0.15, -0.1) is 0 Å².